The van der Waals surface area contributed by atoms with Crippen molar-refractivity contribution < 1.29 is 19.1 Å². The van der Waals surface area contributed by atoms with Crippen LogP contribution in [0.25, 0.3) is 5.52 Å². The number of hydrogen-bond acceptors (Lipinski definition) is 5. The molecule has 0 aliphatic heterocycles. The van der Waals surface area contributed by atoms with Crippen LogP contribution in [0.4, 0.5) is 10.5 Å². The summed E-state index contributed by atoms with van der Waals surface area (Å²) < 4.78 is 11.3. The molecule has 0 unspecified atom stereocenters. The van der Waals surface area contributed by atoms with Gasteiger partial charge in [0.2, 0.25) is 0 Å². The summed E-state index contributed by atoms with van der Waals surface area (Å²) in [6.45, 7) is 5.34. The van der Waals surface area contributed by atoms with Crippen molar-refractivity contribution in [2.75, 3.05) is 12.4 Å². The van der Waals surface area contributed by atoms with Gasteiger partial charge in [-0.25, -0.2) is 14.1 Å². The number of rotatable bonds is 2. The Morgan fingerprint density at radius 3 is 2.67 bits per heavy atom. The van der Waals surface area contributed by atoms with Crippen LogP contribution in [0.15, 0.2) is 24.4 Å². The van der Waals surface area contributed by atoms with Crippen LogP contribution in [0.2, 0.25) is 0 Å². The maximum atomic E-state index is 11.8. The fourth-order valence-corrected chi connectivity index (χ4v) is 1.74. The van der Waals surface area contributed by atoms with E-state index in [-0.39, 0.29) is 5.69 Å². The molecule has 0 atom stereocenters. The Morgan fingerprint density at radius 1 is 1.33 bits per heavy atom. The van der Waals surface area contributed by atoms with Crippen molar-refractivity contribution in [2.24, 2.45) is 0 Å². The number of pyridine rings is 1. The van der Waals surface area contributed by atoms with E-state index < -0.39 is 17.7 Å². The first-order valence-electron chi connectivity index (χ1n) is 6.37. The molecule has 0 bridgehead atoms. The second-order valence-corrected chi connectivity index (χ2v) is 5.40. The summed E-state index contributed by atoms with van der Waals surface area (Å²) in [7, 11) is 1.28. The summed E-state index contributed by atoms with van der Waals surface area (Å²) in [6.07, 6.45) is 1.10. The van der Waals surface area contributed by atoms with E-state index in [4.69, 9.17) is 4.74 Å². The molecule has 0 saturated heterocycles. The van der Waals surface area contributed by atoms with Crippen molar-refractivity contribution in [3.8, 4) is 0 Å². The average molecular weight is 291 g/mol. The zero-order valence-corrected chi connectivity index (χ0v) is 12.3. The van der Waals surface area contributed by atoms with Crippen molar-refractivity contribution in [3.05, 3.63) is 30.1 Å². The van der Waals surface area contributed by atoms with Gasteiger partial charge >= 0.3 is 12.1 Å². The lowest BCUT2D eigenvalue weighted by molar-refractivity contribution is 0.0591. The van der Waals surface area contributed by atoms with Gasteiger partial charge < -0.3 is 9.47 Å². The van der Waals surface area contributed by atoms with Crippen LogP contribution in [-0.4, -0.2) is 34.4 Å². The molecule has 0 saturated carbocycles. The molecule has 2 aromatic rings. The molecule has 2 aromatic heterocycles. The first-order chi connectivity index (χ1) is 9.80. The molecule has 0 aromatic carbocycles. The molecule has 7 nitrogen and oxygen atoms in total. The number of anilines is 1. The molecular weight excluding hydrogens is 274 g/mol. The molecule has 1 amide bonds. The van der Waals surface area contributed by atoms with Gasteiger partial charge in [-0.3, -0.25) is 5.32 Å². The van der Waals surface area contributed by atoms with E-state index in [1.807, 2.05) is 0 Å². The van der Waals surface area contributed by atoms with E-state index in [1.165, 1.54) is 11.6 Å². The normalized spacial score (nSPS) is 11.2. The molecule has 0 spiro atoms. The molecule has 2 heterocycles. The maximum Gasteiger partial charge on any atom is 0.412 e. The highest BCUT2D eigenvalue weighted by Gasteiger charge is 2.18. The number of nitrogens with zero attached hydrogens (tertiary/aromatic N) is 2. The van der Waals surface area contributed by atoms with Gasteiger partial charge in [0.1, 0.15) is 5.60 Å². The molecule has 7 heteroatoms. The predicted molar refractivity (Wildman–Crippen MR) is 76.4 cm³/mol. The van der Waals surface area contributed by atoms with Gasteiger partial charge in [0, 0.05) is 12.3 Å². The molecule has 0 aliphatic rings. The zero-order chi connectivity index (χ0) is 15.6. The Hall–Kier alpha value is -2.57. The monoisotopic (exact) mass is 291 g/mol. The SMILES string of the molecule is COC(=O)c1cc2c(NC(=O)OC(C)(C)C)cccn2n1. The summed E-state index contributed by atoms with van der Waals surface area (Å²) in [4.78, 5) is 23.3. The fraction of sp³-hybridized carbons (Fsp3) is 0.357. The third-order valence-electron chi connectivity index (χ3n) is 2.53. The highest BCUT2D eigenvalue weighted by atomic mass is 16.6. The number of carbonyl (C=O) groups excluding carboxylic acids is 2. The van der Waals surface area contributed by atoms with Crippen molar-refractivity contribution in [3.63, 3.8) is 0 Å². The molecule has 0 radical (unpaired) electrons. The van der Waals surface area contributed by atoms with E-state index in [9.17, 15) is 9.59 Å². The topological polar surface area (TPSA) is 81.9 Å². The van der Waals surface area contributed by atoms with Crippen LogP contribution < -0.4 is 5.32 Å². The van der Waals surface area contributed by atoms with E-state index in [0.717, 1.165) is 0 Å². The molecule has 21 heavy (non-hydrogen) atoms. The number of carbonyl (C=O) groups is 2. The zero-order valence-electron chi connectivity index (χ0n) is 12.3. The van der Waals surface area contributed by atoms with Crippen molar-refractivity contribution in [1.82, 2.24) is 9.61 Å². The van der Waals surface area contributed by atoms with Crippen LogP contribution in [0, 0.1) is 0 Å². The average Bonchev–Trinajstić information content (AvgIpc) is 2.80. The van der Waals surface area contributed by atoms with Gasteiger partial charge in [-0.1, -0.05) is 0 Å². The standard InChI is InChI=1S/C14H17N3O4/c1-14(2,3)21-13(19)15-9-6-5-7-17-11(9)8-10(16-17)12(18)20-4/h5-8H,1-4H3,(H,15,19). The highest BCUT2D eigenvalue weighted by molar-refractivity contribution is 5.94. The van der Waals surface area contributed by atoms with E-state index in [0.29, 0.717) is 11.2 Å². The number of esters is 1. The Kier molecular flexibility index (Phi) is 3.84. The van der Waals surface area contributed by atoms with Gasteiger partial charge in [0.15, 0.2) is 5.69 Å². The van der Waals surface area contributed by atoms with Gasteiger partial charge in [-0.05, 0) is 32.9 Å². The second kappa shape index (κ2) is 5.43. The lowest BCUT2D eigenvalue weighted by Gasteiger charge is -2.19. The van der Waals surface area contributed by atoms with Crippen LogP contribution in [0.1, 0.15) is 31.3 Å². The van der Waals surface area contributed by atoms with Gasteiger partial charge in [0.25, 0.3) is 0 Å². The second-order valence-electron chi connectivity index (χ2n) is 5.40. The summed E-state index contributed by atoms with van der Waals surface area (Å²) in [5.41, 5.74) is 0.640. The van der Waals surface area contributed by atoms with Crippen LogP contribution in [0.5, 0.6) is 0 Å². The molecule has 0 fully saturated rings. The minimum absolute atomic E-state index is 0.163. The van der Waals surface area contributed by atoms with Gasteiger partial charge in [-0.2, -0.15) is 5.10 Å². The Morgan fingerprint density at radius 2 is 2.05 bits per heavy atom. The fourth-order valence-electron chi connectivity index (χ4n) is 1.74. The third-order valence-corrected chi connectivity index (χ3v) is 2.53. The summed E-state index contributed by atoms with van der Waals surface area (Å²) in [5.74, 6) is -0.540. The Labute approximate surface area is 121 Å². The summed E-state index contributed by atoms with van der Waals surface area (Å²) in [6, 6.07) is 4.94. The third kappa shape index (κ3) is 3.50. The number of methoxy groups -OCH3 is 1. The van der Waals surface area contributed by atoms with E-state index >= 15 is 0 Å². The first kappa shape index (κ1) is 14.8. The number of hydrogen-bond donors (Lipinski definition) is 1. The van der Waals surface area contributed by atoms with Crippen LogP contribution in [0.3, 0.4) is 0 Å². The minimum atomic E-state index is -0.591. The number of ether oxygens (including phenoxy) is 2. The maximum absolute atomic E-state index is 11.8. The van der Waals surface area contributed by atoms with Crippen molar-refractivity contribution >= 4 is 23.3 Å². The van der Waals surface area contributed by atoms with Crippen molar-refractivity contribution in [2.45, 2.75) is 26.4 Å². The number of aromatic nitrogens is 2. The Bertz CT molecular complexity index is 685. The molecular formula is C14H17N3O4. The minimum Gasteiger partial charge on any atom is -0.464 e. The lowest BCUT2D eigenvalue weighted by atomic mass is 10.2. The van der Waals surface area contributed by atoms with Gasteiger partial charge in [0.05, 0.1) is 18.3 Å². The number of fused-ring (bicyclic) bond motifs is 1. The predicted octanol–water partition coefficient (Wildman–Crippen LogP) is 2.47. The molecule has 0 aliphatic carbocycles. The van der Waals surface area contributed by atoms with Crippen molar-refractivity contribution in [1.29, 1.82) is 0 Å². The number of amides is 1. The quantitative estimate of drug-likeness (QED) is 0.859. The summed E-state index contributed by atoms with van der Waals surface area (Å²) in [5, 5.41) is 6.71. The Balaban J connectivity index is 2.30. The van der Waals surface area contributed by atoms with Gasteiger partial charge in [-0.15, -0.1) is 0 Å². The smallest absolute Gasteiger partial charge is 0.412 e. The van der Waals surface area contributed by atoms with Crippen LogP contribution in [-0.2, 0) is 9.47 Å². The molecule has 1 N–H and O–H groups in total. The first-order valence-corrected chi connectivity index (χ1v) is 6.37. The van der Waals surface area contributed by atoms with Crippen LogP contribution >= 0.6 is 0 Å². The number of nitrogens with one attached hydrogen (secondary N) is 1. The summed E-state index contributed by atoms with van der Waals surface area (Å²) >= 11 is 0. The molecule has 112 valence electrons. The highest BCUT2D eigenvalue weighted by Crippen LogP contribution is 2.19. The molecule has 2 rings (SSSR count). The van der Waals surface area contributed by atoms with E-state index in [2.05, 4.69) is 15.2 Å². The van der Waals surface area contributed by atoms with E-state index in [1.54, 1.807) is 45.2 Å². The lowest BCUT2D eigenvalue weighted by Crippen LogP contribution is -2.27. The largest absolute Gasteiger partial charge is 0.464 e.